The summed E-state index contributed by atoms with van der Waals surface area (Å²) < 4.78 is 0. The van der Waals surface area contributed by atoms with Gasteiger partial charge >= 0.3 is 0 Å². The largest absolute Gasteiger partial charge is 0.309 e. The van der Waals surface area contributed by atoms with E-state index in [1.807, 2.05) is 36.6 Å². The first-order valence-corrected chi connectivity index (χ1v) is 8.45. The number of hydrogen-bond acceptors (Lipinski definition) is 3. The molecule has 5 heteroatoms. The van der Waals surface area contributed by atoms with E-state index in [-0.39, 0.29) is 5.91 Å². The van der Waals surface area contributed by atoms with Gasteiger partial charge in [-0.05, 0) is 36.8 Å². The summed E-state index contributed by atoms with van der Waals surface area (Å²) in [7, 11) is 0. The molecule has 2 N–H and O–H groups in total. The van der Waals surface area contributed by atoms with Crippen LogP contribution in [0.2, 0.25) is 0 Å². The molecule has 0 unspecified atom stereocenters. The Morgan fingerprint density at radius 1 is 1.38 bits per heavy atom. The van der Waals surface area contributed by atoms with Gasteiger partial charge in [0.15, 0.2) is 5.82 Å². The molecule has 1 heterocycles. The number of H-pyrrole nitrogens is 1. The first-order chi connectivity index (χ1) is 10.2. The number of aromatic amines is 1. The van der Waals surface area contributed by atoms with Gasteiger partial charge in [-0.1, -0.05) is 18.6 Å². The van der Waals surface area contributed by atoms with Gasteiger partial charge in [0.2, 0.25) is 5.91 Å². The van der Waals surface area contributed by atoms with Crippen LogP contribution < -0.4 is 5.32 Å². The minimum atomic E-state index is -0.0291. The Hall–Kier alpha value is -1.75. The predicted molar refractivity (Wildman–Crippen MR) is 85.7 cm³/mol. The van der Waals surface area contributed by atoms with Crippen LogP contribution in [0.5, 0.6) is 0 Å². The second kappa shape index (κ2) is 6.35. The van der Waals surface area contributed by atoms with Crippen molar-refractivity contribution in [2.45, 2.75) is 36.5 Å². The van der Waals surface area contributed by atoms with Crippen molar-refractivity contribution in [2.75, 3.05) is 11.6 Å². The number of anilines is 1. The topological polar surface area (TPSA) is 57.8 Å². The highest BCUT2D eigenvalue weighted by Gasteiger charge is 2.21. The van der Waals surface area contributed by atoms with Gasteiger partial charge in [-0.2, -0.15) is 5.10 Å². The van der Waals surface area contributed by atoms with Crippen LogP contribution in [-0.2, 0) is 11.2 Å². The monoisotopic (exact) mass is 301 g/mol. The van der Waals surface area contributed by atoms with Gasteiger partial charge in [0, 0.05) is 22.6 Å². The molecule has 1 aromatic carbocycles. The molecule has 1 aliphatic rings. The molecule has 0 spiro atoms. The first-order valence-electron chi connectivity index (χ1n) is 7.22. The molecule has 0 bridgehead atoms. The van der Waals surface area contributed by atoms with E-state index in [4.69, 9.17) is 0 Å². The van der Waals surface area contributed by atoms with Crippen LogP contribution in [0.15, 0.2) is 35.2 Å². The summed E-state index contributed by atoms with van der Waals surface area (Å²) in [4.78, 5) is 13.2. The number of thioether (sulfide) groups is 1. The first kappa shape index (κ1) is 14.2. The number of nitrogens with one attached hydrogen (secondary N) is 2. The zero-order valence-corrected chi connectivity index (χ0v) is 12.9. The fourth-order valence-corrected chi connectivity index (χ4v) is 2.85. The Labute approximate surface area is 128 Å². The van der Waals surface area contributed by atoms with Crippen LogP contribution in [0.1, 0.15) is 36.4 Å². The number of carbonyl (C=O) groups is 1. The molecule has 110 valence electrons. The van der Waals surface area contributed by atoms with E-state index < -0.39 is 0 Å². The molecular weight excluding hydrogens is 282 g/mol. The Bertz CT molecular complexity index is 617. The summed E-state index contributed by atoms with van der Waals surface area (Å²) in [5.41, 5.74) is 2.15. The Morgan fingerprint density at radius 3 is 2.76 bits per heavy atom. The third-order valence-corrected chi connectivity index (χ3v) is 4.68. The molecule has 1 saturated carbocycles. The molecule has 0 atom stereocenters. The molecule has 3 rings (SSSR count). The Morgan fingerprint density at radius 2 is 2.14 bits per heavy atom. The van der Waals surface area contributed by atoms with E-state index in [9.17, 15) is 4.79 Å². The summed E-state index contributed by atoms with van der Waals surface area (Å²) in [5.74, 6) is 1.20. The lowest BCUT2D eigenvalue weighted by atomic mass is 9.83. The summed E-state index contributed by atoms with van der Waals surface area (Å²) >= 11 is 1.70. The second-order valence-corrected chi connectivity index (χ2v) is 6.29. The normalized spacial score (nSPS) is 14.7. The van der Waals surface area contributed by atoms with Crippen LogP contribution in [0.25, 0.3) is 0 Å². The number of hydrogen-bond donors (Lipinski definition) is 2. The molecule has 1 amide bonds. The maximum absolute atomic E-state index is 12.0. The third-order valence-electron chi connectivity index (χ3n) is 3.93. The summed E-state index contributed by atoms with van der Waals surface area (Å²) in [6.07, 6.45) is 6.14. The van der Waals surface area contributed by atoms with E-state index in [0.29, 0.717) is 18.2 Å². The highest BCUT2D eigenvalue weighted by molar-refractivity contribution is 7.98. The number of rotatable bonds is 5. The third kappa shape index (κ3) is 3.47. The zero-order valence-electron chi connectivity index (χ0n) is 12.1. The van der Waals surface area contributed by atoms with Crippen molar-refractivity contribution in [3.05, 3.63) is 41.6 Å². The summed E-state index contributed by atoms with van der Waals surface area (Å²) in [6, 6.07) is 10.0. The molecule has 1 aliphatic carbocycles. The Kier molecular flexibility index (Phi) is 4.29. The second-order valence-electron chi connectivity index (χ2n) is 5.41. The number of benzene rings is 1. The summed E-state index contributed by atoms with van der Waals surface area (Å²) in [5, 5.41) is 10.0. The molecule has 0 saturated heterocycles. The van der Waals surface area contributed by atoms with Crippen LogP contribution in [0, 0.1) is 0 Å². The van der Waals surface area contributed by atoms with Gasteiger partial charge in [0.1, 0.15) is 0 Å². The van der Waals surface area contributed by atoms with Gasteiger partial charge < -0.3 is 5.32 Å². The lowest BCUT2D eigenvalue weighted by Gasteiger charge is -2.23. The zero-order chi connectivity index (χ0) is 14.7. The van der Waals surface area contributed by atoms with E-state index in [2.05, 4.69) is 15.5 Å². The smallest absolute Gasteiger partial charge is 0.229 e. The predicted octanol–water partition coefficient (Wildman–Crippen LogP) is 3.58. The lowest BCUT2D eigenvalue weighted by Crippen LogP contribution is -2.14. The molecule has 4 nitrogen and oxygen atoms in total. The van der Waals surface area contributed by atoms with Crippen molar-refractivity contribution in [1.29, 1.82) is 0 Å². The van der Waals surface area contributed by atoms with Crippen molar-refractivity contribution in [1.82, 2.24) is 10.2 Å². The fraction of sp³-hybridized carbons (Fsp3) is 0.375. The molecular formula is C16H19N3OS. The maximum atomic E-state index is 12.0. The quantitative estimate of drug-likeness (QED) is 0.830. The highest BCUT2D eigenvalue weighted by atomic mass is 32.2. The molecule has 1 aromatic heterocycles. The average Bonchev–Trinajstić information content (AvgIpc) is 2.85. The fourth-order valence-electron chi connectivity index (χ4n) is 2.44. The van der Waals surface area contributed by atoms with Gasteiger partial charge in [0.25, 0.3) is 0 Å². The number of nitrogens with zero attached hydrogens (tertiary/aromatic N) is 1. The summed E-state index contributed by atoms with van der Waals surface area (Å²) in [6.45, 7) is 0. The van der Waals surface area contributed by atoms with Gasteiger partial charge in [-0.3, -0.25) is 9.89 Å². The number of aromatic nitrogens is 2. The van der Waals surface area contributed by atoms with Gasteiger partial charge in [0.05, 0.1) is 6.42 Å². The standard InChI is InChI=1S/C16H19N3OS/c1-21-13-7-5-11(6-8-13)9-16(20)17-15-10-14(18-19-15)12-3-2-4-12/h5-8,10,12H,2-4,9H2,1H3,(H2,17,18,19,20). The highest BCUT2D eigenvalue weighted by Crippen LogP contribution is 2.35. The van der Waals surface area contributed by atoms with Crippen molar-refractivity contribution in [2.24, 2.45) is 0 Å². The van der Waals surface area contributed by atoms with E-state index in [0.717, 1.165) is 11.3 Å². The maximum Gasteiger partial charge on any atom is 0.229 e. The van der Waals surface area contributed by atoms with E-state index in [1.54, 1.807) is 11.8 Å². The molecule has 0 radical (unpaired) electrons. The van der Waals surface area contributed by atoms with Crippen LogP contribution in [0.4, 0.5) is 5.82 Å². The van der Waals surface area contributed by atoms with Crippen molar-refractivity contribution in [3.8, 4) is 0 Å². The van der Waals surface area contributed by atoms with Crippen molar-refractivity contribution < 1.29 is 4.79 Å². The average molecular weight is 301 g/mol. The lowest BCUT2D eigenvalue weighted by molar-refractivity contribution is -0.115. The molecule has 1 fully saturated rings. The van der Waals surface area contributed by atoms with Crippen molar-refractivity contribution >= 4 is 23.5 Å². The van der Waals surface area contributed by atoms with Crippen LogP contribution >= 0.6 is 11.8 Å². The van der Waals surface area contributed by atoms with Crippen molar-refractivity contribution in [3.63, 3.8) is 0 Å². The van der Waals surface area contributed by atoms with E-state index >= 15 is 0 Å². The molecule has 0 aliphatic heterocycles. The molecule has 2 aromatic rings. The van der Waals surface area contributed by atoms with Crippen LogP contribution in [0.3, 0.4) is 0 Å². The SMILES string of the molecule is CSc1ccc(CC(=O)Nc2cc(C3CCC3)[nH]n2)cc1. The minimum Gasteiger partial charge on any atom is -0.309 e. The number of carbonyl (C=O) groups excluding carboxylic acids is 1. The minimum absolute atomic E-state index is 0.0291. The number of amides is 1. The van der Waals surface area contributed by atoms with Gasteiger partial charge in [-0.25, -0.2) is 0 Å². The molecule has 21 heavy (non-hydrogen) atoms. The van der Waals surface area contributed by atoms with E-state index in [1.165, 1.54) is 24.2 Å². The Balaban J connectivity index is 1.56. The van der Waals surface area contributed by atoms with Crippen LogP contribution in [-0.4, -0.2) is 22.4 Å². The van der Waals surface area contributed by atoms with Gasteiger partial charge in [-0.15, -0.1) is 11.8 Å².